The molecule has 0 amide bonds. The molecule has 0 aliphatic carbocycles. The molecule has 0 aromatic heterocycles. The zero-order valence-electron chi connectivity index (χ0n) is 13.7. The van der Waals surface area contributed by atoms with Gasteiger partial charge in [-0.25, -0.2) is 13.1 Å². The molecule has 0 heterocycles. The number of hydrogen-bond donors (Lipinski definition) is 2. The first-order chi connectivity index (χ1) is 11.8. The van der Waals surface area contributed by atoms with E-state index in [1.807, 2.05) is 6.92 Å². The van der Waals surface area contributed by atoms with Crippen LogP contribution >= 0.6 is 0 Å². The van der Waals surface area contributed by atoms with E-state index >= 15 is 0 Å². The fraction of sp³-hybridized carbons (Fsp3) is 0.222. The summed E-state index contributed by atoms with van der Waals surface area (Å²) in [5.74, 6) is -1.24. The van der Waals surface area contributed by atoms with Crippen molar-refractivity contribution in [1.29, 1.82) is 0 Å². The van der Waals surface area contributed by atoms with Gasteiger partial charge in [0.1, 0.15) is 0 Å². The van der Waals surface area contributed by atoms with Gasteiger partial charge in [-0.2, -0.15) is 0 Å². The van der Waals surface area contributed by atoms with Crippen molar-refractivity contribution < 1.29 is 23.1 Å². The smallest absolute Gasteiger partial charge is 0.303 e. The number of sulfonamides is 1. The molecule has 0 bridgehead atoms. The van der Waals surface area contributed by atoms with Crippen LogP contribution < -0.4 is 4.72 Å². The van der Waals surface area contributed by atoms with Crippen LogP contribution in [-0.4, -0.2) is 31.8 Å². The third-order valence-corrected chi connectivity index (χ3v) is 5.07. The van der Waals surface area contributed by atoms with Gasteiger partial charge >= 0.3 is 5.97 Å². The molecule has 25 heavy (non-hydrogen) atoms. The van der Waals surface area contributed by atoms with Gasteiger partial charge in [0.05, 0.1) is 11.4 Å². The van der Waals surface area contributed by atoms with Gasteiger partial charge in [-0.3, -0.25) is 9.59 Å². The van der Waals surface area contributed by atoms with E-state index in [2.05, 4.69) is 4.72 Å². The lowest BCUT2D eigenvalue weighted by Crippen LogP contribution is -2.29. The molecule has 0 fully saturated rings. The molecule has 0 unspecified atom stereocenters. The zero-order chi connectivity index (χ0) is 18.4. The Balaban J connectivity index is 1.97. The SMILES string of the molecule is Cc1ccc(S(=O)(=O)NCC(=O)c2ccc(CCC(=O)O)cc2)cc1. The topological polar surface area (TPSA) is 101 Å². The summed E-state index contributed by atoms with van der Waals surface area (Å²) in [5, 5.41) is 8.65. The van der Waals surface area contributed by atoms with Crippen LogP contribution in [0.3, 0.4) is 0 Å². The second-order valence-corrected chi connectivity index (χ2v) is 7.42. The largest absolute Gasteiger partial charge is 0.481 e. The standard InChI is InChI=1S/C18H19NO5S/c1-13-2-9-16(10-3-13)25(23,24)19-12-17(20)15-7-4-14(5-8-15)6-11-18(21)22/h2-5,7-10,19H,6,11-12H2,1H3,(H,21,22). The summed E-state index contributed by atoms with van der Waals surface area (Å²) in [6.45, 7) is 1.51. The Labute approximate surface area is 146 Å². The van der Waals surface area contributed by atoms with Crippen molar-refractivity contribution in [2.24, 2.45) is 0 Å². The molecular weight excluding hydrogens is 342 g/mol. The number of nitrogens with one attached hydrogen (secondary N) is 1. The van der Waals surface area contributed by atoms with Crippen LogP contribution in [0.4, 0.5) is 0 Å². The normalized spacial score (nSPS) is 11.2. The van der Waals surface area contributed by atoms with Crippen molar-refractivity contribution >= 4 is 21.8 Å². The number of aryl methyl sites for hydroxylation is 2. The van der Waals surface area contributed by atoms with Crippen molar-refractivity contribution in [3.63, 3.8) is 0 Å². The molecule has 0 atom stereocenters. The van der Waals surface area contributed by atoms with E-state index in [0.717, 1.165) is 11.1 Å². The minimum atomic E-state index is -3.74. The van der Waals surface area contributed by atoms with E-state index in [-0.39, 0.29) is 23.6 Å². The van der Waals surface area contributed by atoms with Gasteiger partial charge in [-0.05, 0) is 31.0 Å². The molecule has 2 rings (SSSR count). The van der Waals surface area contributed by atoms with Gasteiger partial charge in [0.15, 0.2) is 5.78 Å². The molecule has 0 aliphatic heterocycles. The van der Waals surface area contributed by atoms with E-state index in [4.69, 9.17) is 5.11 Å². The Morgan fingerprint density at radius 2 is 1.60 bits per heavy atom. The predicted octanol–water partition coefficient (Wildman–Crippen LogP) is 2.17. The van der Waals surface area contributed by atoms with Crippen LogP contribution in [-0.2, 0) is 21.2 Å². The summed E-state index contributed by atoms with van der Waals surface area (Å²) in [5.41, 5.74) is 2.11. The lowest BCUT2D eigenvalue weighted by Gasteiger charge is -2.07. The summed E-state index contributed by atoms with van der Waals surface area (Å²) in [4.78, 5) is 22.8. The molecule has 0 radical (unpaired) electrons. The highest BCUT2D eigenvalue weighted by Crippen LogP contribution is 2.11. The zero-order valence-corrected chi connectivity index (χ0v) is 14.5. The summed E-state index contributed by atoms with van der Waals surface area (Å²) in [6, 6.07) is 12.8. The molecule has 2 N–H and O–H groups in total. The number of hydrogen-bond acceptors (Lipinski definition) is 4. The van der Waals surface area contributed by atoms with E-state index < -0.39 is 16.0 Å². The van der Waals surface area contributed by atoms with Crippen molar-refractivity contribution in [2.75, 3.05) is 6.54 Å². The third kappa shape index (κ3) is 5.51. The molecule has 0 saturated heterocycles. The Morgan fingerprint density at radius 1 is 1.00 bits per heavy atom. The molecule has 6 nitrogen and oxygen atoms in total. The molecule has 0 saturated carbocycles. The van der Waals surface area contributed by atoms with Crippen LogP contribution in [0, 0.1) is 6.92 Å². The summed E-state index contributed by atoms with van der Waals surface area (Å²) >= 11 is 0. The van der Waals surface area contributed by atoms with Gasteiger partial charge in [0.25, 0.3) is 0 Å². The van der Waals surface area contributed by atoms with Crippen molar-refractivity contribution in [1.82, 2.24) is 4.72 Å². The molecule has 0 aliphatic rings. The van der Waals surface area contributed by atoms with E-state index in [9.17, 15) is 18.0 Å². The number of carboxylic acid groups (broad SMARTS) is 1. The quantitative estimate of drug-likeness (QED) is 0.702. The highest BCUT2D eigenvalue weighted by atomic mass is 32.2. The van der Waals surface area contributed by atoms with Crippen molar-refractivity contribution in [2.45, 2.75) is 24.7 Å². The molecule has 0 spiro atoms. The van der Waals surface area contributed by atoms with Crippen LogP contribution in [0.1, 0.15) is 27.9 Å². The van der Waals surface area contributed by atoms with E-state index in [1.54, 1.807) is 36.4 Å². The molecule has 7 heteroatoms. The minimum Gasteiger partial charge on any atom is -0.481 e. The van der Waals surface area contributed by atoms with Gasteiger partial charge in [0, 0.05) is 12.0 Å². The minimum absolute atomic E-state index is 0.0175. The number of carboxylic acids is 1. The second-order valence-electron chi connectivity index (χ2n) is 5.65. The van der Waals surface area contributed by atoms with Gasteiger partial charge in [-0.1, -0.05) is 42.0 Å². The van der Waals surface area contributed by atoms with Crippen LogP contribution in [0.25, 0.3) is 0 Å². The number of aliphatic carboxylic acids is 1. The number of benzene rings is 2. The number of carbonyl (C=O) groups excluding carboxylic acids is 1. The average Bonchev–Trinajstić information content (AvgIpc) is 2.59. The molecule has 2 aromatic carbocycles. The van der Waals surface area contributed by atoms with Crippen LogP contribution in [0.5, 0.6) is 0 Å². The maximum absolute atomic E-state index is 12.2. The van der Waals surface area contributed by atoms with Crippen molar-refractivity contribution in [3.05, 3.63) is 65.2 Å². The molecule has 2 aromatic rings. The monoisotopic (exact) mass is 361 g/mol. The Hall–Kier alpha value is -2.51. The van der Waals surface area contributed by atoms with Gasteiger partial charge < -0.3 is 5.11 Å². The highest BCUT2D eigenvalue weighted by molar-refractivity contribution is 7.89. The predicted molar refractivity (Wildman–Crippen MR) is 93.1 cm³/mol. The fourth-order valence-corrected chi connectivity index (χ4v) is 3.15. The highest BCUT2D eigenvalue weighted by Gasteiger charge is 2.16. The van der Waals surface area contributed by atoms with Crippen LogP contribution in [0.15, 0.2) is 53.4 Å². The van der Waals surface area contributed by atoms with Crippen LogP contribution in [0.2, 0.25) is 0 Å². The number of Topliss-reactive ketones (excluding diaryl/α,β-unsaturated/α-hetero) is 1. The summed E-state index contributed by atoms with van der Waals surface area (Å²) in [6.07, 6.45) is 0.396. The number of rotatable bonds is 8. The third-order valence-electron chi connectivity index (χ3n) is 3.66. The Bertz CT molecular complexity index is 855. The maximum Gasteiger partial charge on any atom is 0.303 e. The Morgan fingerprint density at radius 3 is 2.16 bits per heavy atom. The van der Waals surface area contributed by atoms with Gasteiger partial charge in [-0.15, -0.1) is 0 Å². The maximum atomic E-state index is 12.2. The number of ketones is 1. The van der Waals surface area contributed by atoms with Gasteiger partial charge in [0.2, 0.25) is 10.0 Å². The first kappa shape index (κ1) is 18.8. The van der Waals surface area contributed by atoms with Crippen molar-refractivity contribution in [3.8, 4) is 0 Å². The second kappa shape index (κ2) is 8.04. The lowest BCUT2D eigenvalue weighted by molar-refractivity contribution is -0.136. The Kier molecular flexibility index (Phi) is 6.06. The summed E-state index contributed by atoms with van der Waals surface area (Å²) < 4.78 is 26.6. The molecule has 132 valence electrons. The number of carbonyl (C=O) groups is 2. The lowest BCUT2D eigenvalue weighted by atomic mass is 10.1. The molecular formula is C18H19NO5S. The fourth-order valence-electron chi connectivity index (χ4n) is 2.17. The van der Waals surface area contributed by atoms with E-state index in [0.29, 0.717) is 12.0 Å². The average molecular weight is 361 g/mol. The summed E-state index contributed by atoms with van der Waals surface area (Å²) in [7, 11) is -3.74. The first-order valence-electron chi connectivity index (χ1n) is 7.68. The first-order valence-corrected chi connectivity index (χ1v) is 9.16. The van der Waals surface area contributed by atoms with E-state index in [1.165, 1.54) is 12.1 Å².